The Kier molecular flexibility index (Phi) is 7.92. The Balaban J connectivity index is 2.44. The SMILES string of the molecule is CCCNC1CCC(C(C)C)CC1CCOCC. The molecule has 0 amide bonds. The lowest BCUT2D eigenvalue weighted by Crippen LogP contribution is -2.42. The van der Waals surface area contributed by atoms with Gasteiger partial charge in [-0.15, -0.1) is 0 Å². The van der Waals surface area contributed by atoms with Gasteiger partial charge in [-0.2, -0.15) is 0 Å². The molecule has 3 atom stereocenters. The maximum atomic E-state index is 5.56. The van der Waals surface area contributed by atoms with Crippen molar-refractivity contribution in [3.63, 3.8) is 0 Å². The lowest BCUT2D eigenvalue weighted by atomic mass is 9.72. The Labute approximate surface area is 114 Å². The maximum Gasteiger partial charge on any atom is 0.0469 e. The number of ether oxygens (including phenoxy) is 1. The van der Waals surface area contributed by atoms with Crippen LogP contribution in [0.2, 0.25) is 0 Å². The molecule has 1 N–H and O–H groups in total. The van der Waals surface area contributed by atoms with E-state index in [0.717, 1.165) is 37.0 Å². The molecule has 0 aromatic carbocycles. The monoisotopic (exact) mass is 255 g/mol. The van der Waals surface area contributed by atoms with E-state index < -0.39 is 0 Å². The van der Waals surface area contributed by atoms with Crippen LogP contribution in [0.25, 0.3) is 0 Å². The molecule has 1 saturated carbocycles. The van der Waals surface area contributed by atoms with E-state index >= 15 is 0 Å². The van der Waals surface area contributed by atoms with Gasteiger partial charge in [0.1, 0.15) is 0 Å². The van der Waals surface area contributed by atoms with E-state index in [9.17, 15) is 0 Å². The van der Waals surface area contributed by atoms with Gasteiger partial charge in [-0.05, 0) is 63.3 Å². The van der Waals surface area contributed by atoms with Crippen molar-refractivity contribution in [3.8, 4) is 0 Å². The highest BCUT2D eigenvalue weighted by molar-refractivity contribution is 4.85. The molecule has 2 nitrogen and oxygen atoms in total. The van der Waals surface area contributed by atoms with Crippen LogP contribution in [0.4, 0.5) is 0 Å². The molecule has 1 rings (SSSR count). The third-order valence-electron chi connectivity index (χ3n) is 4.46. The summed E-state index contributed by atoms with van der Waals surface area (Å²) in [6.45, 7) is 12.1. The van der Waals surface area contributed by atoms with Crippen LogP contribution in [0.3, 0.4) is 0 Å². The minimum absolute atomic E-state index is 0.736. The molecule has 108 valence electrons. The second kappa shape index (κ2) is 8.92. The van der Waals surface area contributed by atoms with Crippen LogP contribution in [-0.2, 0) is 4.74 Å². The highest BCUT2D eigenvalue weighted by atomic mass is 16.5. The van der Waals surface area contributed by atoms with Gasteiger partial charge < -0.3 is 10.1 Å². The van der Waals surface area contributed by atoms with Gasteiger partial charge in [-0.1, -0.05) is 20.8 Å². The van der Waals surface area contributed by atoms with Crippen LogP contribution in [-0.4, -0.2) is 25.8 Å². The number of rotatable bonds is 8. The summed E-state index contributed by atoms with van der Waals surface area (Å²) in [5.41, 5.74) is 0. The molecule has 0 aromatic heterocycles. The van der Waals surface area contributed by atoms with E-state index in [4.69, 9.17) is 4.74 Å². The molecular weight excluding hydrogens is 222 g/mol. The van der Waals surface area contributed by atoms with Gasteiger partial charge >= 0.3 is 0 Å². The fourth-order valence-corrected chi connectivity index (χ4v) is 3.20. The van der Waals surface area contributed by atoms with Gasteiger partial charge in [0.15, 0.2) is 0 Å². The minimum Gasteiger partial charge on any atom is -0.382 e. The molecule has 1 fully saturated rings. The van der Waals surface area contributed by atoms with Crippen molar-refractivity contribution < 1.29 is 4.74 Å². The van der Waals surface area contributed by atoms with E-state index in [-0.39, 0.29) is 0 Å². The quantitative estimate of drug-likeness (QED) is 0.665. The molecule has 0 spiro atoms. The van der Waals surface area contributed by atoms with Crippen molar-refractivity contribution in [1.82, 2.24) is 5.32 Å². The lowest BCUT2D eigenvalue weighted by molar-refractivity contribution is 0.0962. The summed E-state index contributed by atoms with van der Waals surface area (Å²) in [7, 11) is 0. The summed E-state index contributed by atoms with van der Waals surface area (Å²) in [6.07, 6.45) is 6.64. The molecule has 0 radical (unpaired) electrons. The van der Waals surface area contributed by atoms with Crippen LogP contribution in [0, 0.1) is 17.8 Å². The van der Waals surface area contributed by atoms with Gasteiger partial charge in [0.2, 0.25) is 0 Å². The smallest absolute Gasteiger partial charge is 0.0469 e. The summed E-state index contributed by atoms with van der Waals surface area (Å²) in [6, 6.07) is 0.736. The normalized spacial score (nSPS) is 28.8. The maximum absolute atomic E-state index is 5.56. The predicted molar refractivity (Wildman–Crippen MR) is 78.9 cm³/mol. The molecule has 0 aromatic rings. The summed E-state index contributed by atoms with van der Waals surface area (Å²) in [4.78, 5) is 0. The Hall–Kier alpha value is -0.0800. The molecule has 2 heteroatoms. The highest BCUT2D eigenvalue weighted by Gasteiger charge is 2.30. The molecule has 0 heterocycles. The van der Waals surface area contributed by atoms with Crippen LogP contribution >= 0.6 is 0 Å². The summed E-state index contributed by atoms with van der Waals surface area (Å²) in [5.74, 6) is 2.59. The number of hydrogen-bond donors (Lipinski definition) is 1. The van der Waals surface area contributed by atoms with Crippen molar-refractivity contribution >= 4 is 0 Å². The molecule has 3 unspecified atom stereocenters. The zero-order chi connectivity index (χ0) is 13.4. The van der Waals surface area contributed by atoms with Crippen LogP contribution in [0.15, 0.2) is 0 Å². The van der Waals surface area contributed by atoms with Crippen LogP contribution in [0.1, 0.15) is 59.8 Å². The van der Waals surface area contributed by atoms with Crippen molar-refractivity contribution in [3.05, 3.63) is 0 Å². The second-order valence-electron chi connectivity index (χ2n) is 6.12. The van der Waals surface area contributed by atoms with E-state index in [0.29, 0.717) is 0 Å². The highest BCUT2D eigenvalue weighted by Crippen LogP contribution is 2.35. The van der Waals surface area contributed by atoms with E-state index in [2.05, 4.69) is 33.0 Å². The van der Waals surface area contributed by atoms with Crippen molar-refractivity contribution in [2.45, 2.75) is 65.8 Å². The Morgan fingerprint density at radius 2 is 2.00 bits per heavy atom. The Morgan fingerprint density at radius 1 is 1.22 bits per heavy atom. The summed E-state index contributed by atoms with van der Waals surface area (Å²) < 4.78 is 5.56. The van der Waals surface area contributed by atoms with Gasteiger partial charge in [-0.3, -0.25) is 0 Å². The number of nitrogens with one attached hydrogen (secondary N) is 1. The summed E-state index contributed by atoms with van der Waals surface area (Å²) in [5, 5.41) is 3.75. The summed E-state index contributed by atoms with van der Waals surface area (Å²) >= 11 is 0. The molecule has 18 heavy (non-hydrogen) atoms. The lowest BCUT2D eigenvalue weighted by Gasteiger charge is -2.38. The molecular formula is C16H33NO. The zero-order valence-electron chi connectivity index (χ0n) is 12.9. The van der Waals surface area contributed by atoms with Gasteiger partial charge in [0.05, 0.1) is 0 Å². The van der Waals surface area contributed by atoms with E-state index in [1.165, 1.54) is 38.6 Å². The van der Waals surface area contributed by atoms with Crippen LogP contribution in [0.5, 0.6) is 0 Å². The van der Waals surface area contributed by atoms with Crippen molar-refractivity contribution in [1.29, 1.82) is 0 Å². The van der Waals surface area contributed by atoms with Gasteiger partial charge in [-0.25, -0.2) is 0 Å². The first-order valence-corrected chi connectivity index (χ1v) is 8.00. The first-order valence-electron chi connectivity index (χ1n) is 8.00. The Bertz CT molecular complexity index is 205. The predicted octanol–water partition coefficient (Wildman–Crippen LogP) is 3.85. The molecule has 1 aliphatic rings. The fraction of sp³-hybridized carbons (Fsp3) is 1.00. The average Bonchev–Trinajstić information content (AvgIpc) is 2.37. The number of hydrogen-bond acceptors (Lipinski definition) is 2. The largest absolute Gasteiger partial charge is 0.382 e. The molecule has 1 aliphatic carbocycles. The zero-order valence-corrected chi connectivity index (χ0v) is 12.9. The van der Waals surface area contributed by atoms with E-state index in [1.54, 1.807) is 0 Å². The molecule has 0 bridgehead atoms. The van der Waals surface area contributed by atoms with E-state index in [1.807, 2.05) is 0 Å². The average molecular weight is 255 g/mol. The van der Waals surface area contributed by atoms with Gasteiger partial charge in [0, 0.05) is 19.3 Å². The fourth-order valence-electron chi connectivity index (χ4n) is 3.20. The van der Waals surface area contributed by atoms with Crippen molar-refractivity contribution in [2.24, 2.45) is 17.8 Å². The first-order chi connectivity index (χ1) is 8.69. The third kappa shape index (κ3) is 5.27. The van der Waals surface area contributed by atoms with Crippen molar-refractivity contribution in [2.75, 3.05) is 19.8 Å². The topological polar surface area (TPSA) is 21.3 Å². The molecule has 0 saturated heterocycles. The Morgan fingerprint density at radius 3 is 2.61 bits per heavy atom. The van der Waals surface area contributed by atoms with Gasteiger partial charge in [0.25, 0.3) is 0 Å². The third-order valence-corrected chi connectivity index (χ3v) is 4.46. The standard InChI is InChI=1S/C16H33NO/c1-5-10-17-16-8-7-14(13(3)4)12-15(16)9-11-18-6-2/h13-17H,5-12H2,1-4H3. The minimum atomic E-state index is 0.736. The first kappa shape index (κ1) is 16.0. The molecule has 0 aliphatic heterocycles. The second-order valence-corrected chi connectivity index (χ2v) is 6.12. The van der Waals surface area contributed by atoms with Crippen LogP contribution < -0.4 is 5.32 Å².